The first-order valence-corrected chi connectivity index (χ1v) is 10.8. The molecule has 22 heavy (non-hydrogen) atoms. The lowest BCUT2D eigenvalue weighted by atomic mass is 9.67. The van der Waals surface area contributed by atoms with Crippen LogP contribution in [0.3, 0.4) is 0 Å². The number of unbranched alkanes of at least 4 members (excludes halogenated alkanes) is 4. The van der Waals surface area contributed by atoms with Gasteiger partial charge in [0.15, 0.2) is 0 Å². The average molecular weight is 307 g/mol. The predicted octanol–water partition coefficient (Wildman–Crippen LogP) is 7.76. The Kier molecular flexibility index (Phi) is 8.93. The van der Waals surface area contributed by atoms with Crippen LogP contribution in [0.4, 0.5) is 0 Å². The van der Waals surface area contributed by atoms with Crippen LogP contribution >= 0.6 is 0 Å². The first kappa shape index (κ1) is 18.3. The zero-order valence-corrected chi connectivity index (χ0v) is 15.6. The molecule has 0 aliphatic heterocycles. The zero-order valence-electron chi connectivity index (χ0n) is 15.6. The molecule has 0 bridgehead atoms. The third-order valence-corrected chi connectivity index (χ3v) is 6.81. The standard InChI is InChI=1S/C22H42/c1-3-5-7-10-19-14-16-21(17-15-19)22-13-9-12-20(18-22)11-8-6-4-2/h19-22H,3-18H2,1-2H3/t19-,20-,21+,22-/m1/s1. The minimum Gasteiger partial charge on any atom is -0.0654 e. The Labute approximate surface area is 140 Å². The maximum absolute atomic E-state index is 2.34. The number of hydrogen-bond donors (Lipinski definition) is 0. The Bertz CT molecular complexity index is 261. The molecule has 0 amide bonds. The summed E-state index contributed by atoms with van der Waals surface area (Å²) in [6.07, 6.45) is 24.3. The summed E-state index contributed by atoms with van der Waals surface area (Å²) in [7, 11) is 0. The average Bonchev–Trinajstić information content (AvgIpc) is 2.56. The van der Waals surface area contributed by atoms with Crippen molar-refractivity contribution >= 4 is 0 Å². The summed E-state index contributed by atoms with van der Waals surface area (Å²) in [5.74, 6) is 4.40. The second kappa shape index (κ2) is 10.7. The Hall–Kier alpha value is 0. The molecule has 0 saturated heterocycles. The van der Waals surface area contributed by atoms with Gasteiger partial charge in [-0.25, -0.2) is 0 Å². The molecule has 0 nitrogen and oxygen atoms in total. The van der Waals surface area contributed by atoms with Crippen molar-refractivity contribution in [3.8, 4) is 0 Å². The molecule has 2 atom stereocenters. The Morgan fingerprint density at radius 1 is 0.591 bits per heavy atom. The summed E-state index contributed by atoms with van der Waals surface area (Å²) in [6.45, 7) is 4.67. The van der Waals surface area contributed by atoms with Gasteiger partial charge in [0.05, 0.1) is 0 Å². The van der Waals surface area contributed by atoms with Crippen molar-refractivity contribution in [2.24, 2.45) is 23.7 Å². The van der Waals surface area contributed by atoms with E-state index in [0.29, 0.717) is 0 Å². The van der Waals surface area contributed by atoms with Crippen molar-refractivity contribution < 1.29 is 0 Å². The second-order valence-electron chi connectivity index (χ2n) is 8.57. The lowest BCUT2D eigenvalue weighted by Crippen LogP contribution is -2.26. The smallest absolute Gasteiger partial charge is 0.0383 e. The molecule has 0 heterocycles. The summed E-state index contributed by atoms with van der Waals surface area (Å²) in [5, 5.41) is 0. The summed E-state index contributed by atoms with van der Waals surface area (Å²) < 4.78 is 0. The van der Waals surface area contributed by atoms with Gasteiger partial charge in [0.2, 0.25) is 0 Å². The van der Waals surface area contributed by atoms with Crippen LogP contribution in [0, 0.1) is 23.7 Å². The van der Waals surface area contributed by atoms with Crippen LogP contribution in [0.15, 0.2) is 0 Å². The van der Waals surface area contributed by atoms with E-state index in [0.717, 1.165) is 23.7 Å². The highest BCUT2D eigenvalue weighted by molar-refractivity contribution is 4.82. The van der Waals surface area contributed by atoms with Crippen LogP contribution in [-0.4, -0.2) is 0 Å². The SMILES string of the molecule is CCCCC[C@@H]1CCC[C@@H]([C@H]2CC[C@@H](CCCCC)CC2)C1. The van der Waals surface area contributed by atoms with Crippen molar-refractivity contribution in [2.45, 2.75) is 117 Å². The van der Waals surface area contributed by atoms with Gasteiger partial charge < -0.3 is 0 Å². The van der Waals surface area contributed by atoms with Crippen LogP contribution in [0.2, 0.25) is 0 Å². The van der Waals surface area contributed by atoms with E-state index in [1.54, 1.807) is 44.9 Å². The highest BCUT2D eigenvalue weighted by Crippen LogP contribution is 2.43. The Morgan fingerprint density at radius 3 is 1.86 bits per heavy atom. The second-order valence-corrected chi connectivity index (χ2v) is 8.57. The molecule has 0 N–H and O–H groups in total. The van der Waals surface area contributed by atoms with Gasteiger partial charge in [-0.15, -0.1) is 0 Å². The third-order valence-electron chi connectivity index (χ3n) is 6.81. The van der Waals surface area contributed by atoms with Gasteiger partial charge in [-0.2, -0.15) is 0 Å². The van der Waals surface area contributed by atoms with E-state index in [4.69, 9.17) is 0 Å². The van der Waals surface area contributed by atoms with E-state index < -0.39 is 0 Å². The van der Waals surface area contributed by atoms with Gasteiger partial charge in [0.25, 0.3) is 0 Å². The quantitative estimate of drug-likeness (QED) is 0.382. The molecular formula is C22H42. The van der Waals surface area contributed by atoms with E-state index in [-0.39, 0.29) is 0 Å². The lowest BCUT2D eigenvalue weighted by molar-refractivity contribution is 0.132. The number of hydrogen-bond acceptors (Lipinski definition) is 0. The van der Waals surface area contributed by atoms with Crippen molar-refractivity contribution in [2.75, 3.05) is 0 Å². The summed E-state index contributed by atoms with van der Waals surface area (Å²) in [5.41, 5.74) is 0. The predicted molar refractivity (Wildman–Crippen MR) is 99.2 cm³/mol. The maximum Gasteiger partial charge on any atom is -0.0383 e. The fraction of sp³-hybridized carbons (Fsp3) is 1.00. The van der Waals surface area contributed by atoms with Gasteiger partial charge in [-0.05, 0) is 42.9 Å². The van der Waals surface area contributed by atoms with Crippen molar-refractivity contribution in [3.05, 3.63) is 0 Å². The Morgan fingerprint density at radius 2 is 1.23 bits per heavy atom. The molecular weight excluding hydrogens is 264 g/mol. The molecule has 2 aliphatic carbocycles. The summed E-state index contributed by atoms with van der Waals surface area (Å²) >= 11 is 0. The fourth-order valence-corrected chi connectivity index (χ4v) is 5.34. The third kappa shape index (κ3) is 6.25. The van der Waals surface area contributed by atoms with Gasteiger partial charge in [0.1, 0.15) is 0 Å². The van der Waals surface area contributed by atoms with Gasteiger partial charge in [-0.1, -0.05) is 97.3 Å². The molecule has 0 aromatic heterocycles. The molecule has 0 aromatic rings. The molecule has 2 rings (SSSR count). The molecule has 130 valence electrons. The zero-order chi connectivity index (χ0) is 15.6. The molecule has 2 fully saturated rings. The van der Waals surface area contributed by atoms with Gasteiger partial charge >= 0.3 is 0 Å². The number of rotatable bonds is 9. The molecule has 0 heteroatoms. The van der Waals surface area contributed by atoms with Crippen LogP contribution in [-0.2, 0) is 0 Å². The van der Waals surface area contributed by atoms with Crippen molar-refractivity contribution in [3.63, 3.8) is 0 Å². The molecule has 0 aromatic carbocycles. The van der Waals surface area contributed by atoms with E-state index in [2.05, 4.69) is 13.8 Å². The van der Waals surface area contributed by atoms with Crippen LogP contribution in [0.1, 0.15) is 117 Å². The first-order valence-electron chi connectivity index (χ1n) is 10.8. The van der Waals surface area contributed by atoms with Crippen LogP contribution < -0.4 is 0 Å². The first-order chi connectivity index (χ1) is 10.8. The van der Waals surface area contributed by atoms with Crippen molar-refractivity contribution in [1.82, 2.24) is 0 Å². The van der Waals surface area contributed by atoms with E-state index in [9.17, 15) is 0 Å². The topological polar surface area (TPSA) is 0 Å². The van der Waals surface area contributed by atoms with E-state index >= 15 is 0 Å². The summed E-state index contributed by atoms with van der Waals surface area (Å²) in [6, 6.07) is 0. The monoisotopic (exact) mass is 306 g/mol. The van der Waals surface area contributed by atoms with Gasteiger partial charge in [0, 0.05) is 0 Å². The van der Waals surface area contributed by atoms with Crippen molar-refractivity contribution in [1.29, 1.82) is 0 Å². The minimum atomic E-state index is 1.09. The molecule has 0 radical (unpaired) electrons. The maximum atomic E-state index is 2.34. The van der Waals surface area contributed by atoms with Crippen LogP contribution in [0.5, 0.6) is 0 Å². The largest absolute Gasteiger partial charge is 0.0654 e. The molecule has 0 spiro atoms. The highest BCUT2D eigenvalue weighted by atomic mass is 14.4. The lowest BCUT2D eigenvalue weighted by Gasteiger charge is -2.38. The van der Waals surface area contributed by atoms with E-state index in [1.807, 2.05) is 0 Å². The molecule has 2 saturated carbocycles. The molecule has 2 aliphatic rings. The van der Waals surface area contributed by atoms with E-state index in [1.165, 1.54) is 57.8 Å². The minimum absolute atomic E-state index is 1.09. The Balaban J connectivity index is 1.65. The highest BCUT2D eigenvalue weighted by Gasteiger charge is 2.31. The fourth-order valence-electron chi connectivity index (χ4n) is 5.34. The van der Waals surface area contributed by atoms with Gasteiger partial charge in [-0.3, -0.25) is 0 Å². The normalized spacial score (nSPS) is 33.0. The molecule has 0 unspecified atom stereocenters. The summed E-state index contributed by atoms with van der Waals surface area (Å²) in [4.78, 5) is 0. The van der Waals surface area contributed by atoms with Crippen LogP contribution in [0.25, 0.3) is 0 Å².